The van der Waals surface area contributed by atoms with Crippen LogP contribution in [0.15, 0.2) is 30.9 Å². The minimum absolute atomic E-state index is 0.0108. The molecule has 1 unspecified atom stereocenters. The Morgan fingerprint density at radius 1 is 1.29 bits per heavy atom. The fraction of sp³-hybridized carbons (Fsp3) is 0.409. The molecule has 3 aromatic heterocycles. The molecule has 38 heavy (non-hydrogen) atoms. The largest absolute Gasteiger partial charge is 0.483 e. The third kappa shape index (κ3) is 6.56. The highest BCUT2D eigenvalue weighted by Crippen LogP contribution is 2.31. The second-order valence-electron chi connectivity index (χ2n) is 8.18. The molecule has 1 atom stereocenters. The van der Waals surface area contributed by atoms with Crippen molar-refractivity contribution in [2.75, 3.05) is 31.0 Å². The van der Waals surface area contributed by atoms with Gasteiger partial charge in [0.2, 0.25) is 21.9 Å². The number of ether oxygens (including phenoxy) is 1. The van der Waals surface area contributed by atoms with Crippen LogP contribution in [0.2, 0.25) is 0 Å². The molecule has 1 aliphatic carbocycles. The summed E-state index contributed by atoms with van der Waals surface area (Å²) in [6, 6.07) is 1.28. The summed E-state index contributed by atoms with van der Waals surface area (Å²) in [4.78, 5) is 45.6. The standard InChI is InChI=1S/C21H24N8O4S2.CH2O2/c1-2-33-18-12-23-9-15(26-18)17-11-25-19(34-17)20(30)29-8-7-22-10-16(29)14-5-6-24-21(27-14)28-35(31,32)13-3-4-13;2-1-3/h5-6,9,11-13,16,22H,2-4,7-8,10H2,1H3,(H,24,27,28);1H,(H,2,3). The monoisotopic (exact) mass is 562 g/mol. The Kier molecular flexibility index (Phi) is 8.75. The van der Waals surface area contributed by atoms with Gasteiger partial charge in [0.1, 0.15) is 5.69 Å². The molecule has 0 aromatic carbocycles. The highest BCUT2D eigenvalue weighted by molar-refractivity contribution is 7.93. The lowest BCUT2D eigenvalue weighted by Gasteiger charge is -2.35. The van der Waals surface area contributed by atoms with E-state index in [1.54, 1.807) is 23.4 Å². The van der Waals surface area contributed by atoms with E-state index in [1.807, 2.05) is 6.92 Å². The average molecular weight is 563 g/mol. The number of sulfonamides is 1. The number of rotatable bonds is 8. The van der Waals surface area contributed by atoms with Gasteiger partial charge in [0.05, 0.1) is 40.9 Å². The number of carbonyl (C=O) groups excluding carboxylic acids is 1. The average Bonchev–Trinajstić information content (AvgIpc) is 3.67. The summed E-state index contributed by atoms with van der Waals surface area (Å²) in [5.41, 5.74) is 1.12. The summed E-state index contributed by atoms with van der Waals surface area (Å²) in [6.45, 7) is 3.63. The predicted octanol–water partition coefficient (Wildman–Crippen LogP) is 1.18. The highest BCUT2D eigenvalue weighted by Gasteiger charge is 2.37. The number of thiazole rings is 1. The highest BCUT2D eigenvalue weighted by atomic mass is 32.2. The first-order chi connectivity index (χ1) is 18.4. The fourth-order valence-corrected chi connectivity index (χ4v) is 5.81. The first-order valence-corrected chi connectivity index (χ1v) is 14.1. The van der Waals surface area contributed by atoms with E-state index in [-0.39, 0.29) is 23.6 Å². The van der Waals surface area contributed by atoms with Crippen molar-refractivity contribution in [2.24, 2.45) is 0 Å². The van der Waals surface area contributed by atoms with Crippen LogP contribution in [0.4, 0.5) is 5.95 Å². The number of nitrogens with zero attached hydrogens (tertiary/aromatic N) is 6. The first-order valence-electron chi connectivity index (χ1n) is 11.7. The van der Waals surface area contributed by atoms with Crippen LogP contribution in [0.1, 0.15) is 41.3 Å². The molecule has 0 radical (unpaired) electrons. The summed E-state index contributed by atoms with van der Waals surface area (Å²) in [7, 11) is -3.49. The number of nitrogens with one attached hydrogen (secondary N) is 2. The quantitative estimate of drug-likeness (QED) is 0.333. The van der Waals surface area contributed by atoms with Gasteiger partial charge in [0.25, 0.3) is 12.4 Å². The minimum Gasteiger partial charge on any atom is -0.483 e. The van der Waals surface area contributed by atoms with Gasteiger partial charge in [-0.1, -0.05) is 0 Å². The summed E-state index contributed by atoms with van der Waals surface area (Å²) in [6.07, 6.45) is 7.51. The Morgan fingerprint density at radius 3 is 2.82 bits per heavy atom. The molecule has 16 heteroatoms. The van der Waals surface area contributed by atoms with Crippen LogP contribution in [0.25, 0.3) is 10.6 Å². The maximum atomic E-state index is 13.4. The number of carbonyl (C=O) groups is 2. The van der Waals surface area contributed by atoms with Crippen LogP contribution in [0.3, 0.4) is 0 Å². The molecular formula is C22H26N8O6S2. The van der Waals surface area contributed by atoms with E-state index in [0.717, 1.165) is 0 Å². The molecule has 14 nitrogen and oxygen atoms in total. The number of hydrogen-bond donors (Lipinski definition) is 3. The zero-order chi connectivity index (χ0) is 27.1. The Balaban J connectivity index is 0.00000107. The predicted molar refractivity (Wildman–Crippen MR) is 137 cm³/mol. The number of amides is 1. The molecule has 0 spiro atoms. The molecule has 1 saturated heterocycles. The number of carboxylic acid groups (broad SMARTS) is 1. The van der Waals surface area contributed by atoms with Crippen molar-refractivity contribution in [3.05, 3.63) is 41.6 Å². The van der Waals surface area contributed by atoms with Gasteiger partial charge in [0, 0.05) is 32.0 Å². The van der Waals surface area contributed by atoms with Gasteiger partial charge in [-0.2, -0.15) is 0 Å². The summed E-state index contributed by atoms with van der Waals surface area (Å²) >= 11 is 1.23. The van der Waals surface area contributed by atoms with Crippen LogP contribution < -0.4 is 14.8 Å². The van der Waals surface area contributed by atoms with Crippen LogP contribution in [0.5, 0.6) is 5.88 Å². The Morgan fingerprint density at radius 2 is 2.08 bits per heavy atom. The zero-order valence-electron chi connectivity index (χ0n) is 20.3. The second-order valence-corrected chi connectivity index (χ2v) is 11.2. The van der Waals surface area contributed by atoms with E-state index in [2.05, 4.69) is 35.0 Å². The maximum Gasteiger partial charge on any atom is 0.290 e. The van der Waals surface area contributed by atoms with Crippen molar-refractivity contribution in [1.29, 1.82) is 0 Å². The van der Waals surface area contributed by atoms with Crippen molar-refractivity contribution in [3.63, 3.8) is 0 Å². The van der Waals surface area contributed by atoms with Gasteiger partial charge in [-0.05, 0) is 25.8 Å². The van der Waals surface area contributed by atoms with Crippen molar-refractivity contribution in [3.8, 4) is 16.5 Å². The van der Waals surface area contributed by atoms with Gasteiger partial charge in [-0.3, -0.25) is 19.3 Å². The van der Waals surface area contributed by atoms with Crippen LogP contribution in [-0.2, 0) is 14.8 Å². The fourth-order valence-electron chi connectivity index (χ4n) is 3.71. The summed E-state index contributed by atoms with van der Waals surface area (Å²) in [5, 5.41) is 10.1. The smallest absolute Gasteiger partial charge is 0.290 e. The second kappa shape index (κ2) is 12.2. The molecule has 3 N–H and O–H groups in total. The summed E-state index contributed by atoms with van der Waals surface area (Å²) in [5.74, 6) is 0.183. The van der Waals surface area contributed by atoms with Gasteiger partial charge >= 0.3 is 0 Å². The summed E-state index contributed by atoms with van der Waals surface area (Å²) < 4.78 is 32.5. The van der Waals surface area contributed by atoms with Gasteiger partial charge in [-0.15, -0.1) is 11.3 Å². The van der Waals surface area contributed by atoms with Crippen molar-refractivity contribution < 1.29 is 27.9 Å². The van der Waals surface area contributed by atoms with Gasteiger partial charge < -0.3 is 20.1 Å². The third-order valence-corrected chi connectivity index (χ3v) is 8.39. The van der Waals surface area contributed by atoms with Crippen molar-refractivity contribution in [2.45, 2.75) is 31.1 Å². The molecular weight excluding hydrogens is 536 g/mol. The molecule has 0 bridgehead atoms. The van der Waals surface area contributed by atoms with E-state index in [4.69, 9.17) is 14.6 Å². The van der Waals surface area contributed by atoms with E-state index < -0.39 is 16.1 Å². The molecule has 3 aromatic rings. The molecule has 5 rings (SSSR count). The zero-order valence-corrected chi connectivity index (χ0v) is 22.0. The van der Waals surface area contributed by atoms with Gasteiger partial charge in [0.15, 0.2) is 5.01 Å². The SMILES string of the molecule is CCOc1cncc(-c2cnc(C(=O)N3CCNCC3c3ccnc(NS(=O)(=O)C4CC4)n3)s2)n1.O=CO. The molecule has 2 fully saturated rings. The molecule has 1 aliphatic heterocycles. The van der Waals surface area contributed by atoms with Crippen LogP contribution >= 0.6 is 11.3 Å². The van der Waals surface area contributed by atoms with Crippen molar-refractivity contribution in [1.82, 2.24) is 35.1 Å². The molecule has 202 valence electrons. The minimum atomic E-state index is -3.49. The molecule has 1 saturated carbocycles. The normalized spacial score (nSPS) is 17.2. The number of piperazine rings is 1. The maximum absolute atomic E-state index is 13.4. The van der Waals surface area contributed by atoms with E-state index in [1.165, 1.54) is 23.7 Å². The van der Waals surface area contributed by atoms with Crippen LogP contribution in [-0.4, -0.2) is 87.2 Å². The lowest BCUT2D eigenvalue weighted by atomic mass is 10.1. The molecule has 1 amide bonds. The Labute approximate surface area is 222 Å². The van der Waals surface area contributed by atoms with E-state index in [9.17, 15) is 13.2 Å². The number of aromatic nitrogens is 5. The van der Waals surface area contributed by atoms with E-state index in [0.29, 0.717) is 66.2 Å². The lowest BCUT2D eigenvalue weighted by molar-refractivity contribution is -0.122. The van der Waals surface area contributed by atoms with Crippen molar-refractivity contribution >= 4 is 39.7 Å². The Hall–Kier alpha value is -3.76. The molecule has 2 aliphatic rings. The lowest BCUT2D eigenvalue weighted by Crippen LogP contribution is -2.49. The number of anilines is 1. The van der Waals surface area contributed by atoms with E-state index >= 15 is 0 Å². The first kappa shape index (κ1) is 27.3. The topological polar surface area (TPSA) is 189 Å². The third-order valence-electron chi connectivity index (χ3n) is 5.57. The van der Waals surface area contributed by atoms with Gasteiger partial charge in [-0.25, -0.2) is 28.4 Å². The Bertz CT molecular complexity index is 1380. The molecule has 4 heterocycles. The number of hydrogen-bond acceptors (Lipinski definition) is 12. The van der Waals surface area contributed by atoms with Crippen LogP contribution in [0, 0.1) is 0 Å².